The molecule has 6 heteroatoms. The van der Waals surface area contributed by atoms with Crippen LogP contribution >= 0.6 is 0 Å². The second-order valence-corrected chi connectivity index (χ2v) is 4.06. The van der Waals surface area contributed by atoms with Gasteiger partial charge in [0.1, 0.15) is 0 Å². The van der Waals surface area contributed by atoms with E-state index in [2.05, 4.69) is 5.32 Å². The van der Waals surface area contributed by atoms with Gasteiger partial charge in [0, 0.05) is 18.7 Å². The average molecular weight is 247 g/mol. The van der Waals surface area contributed by atoms with Gasteiger partial charge >= 0.3 is 6.03 Å². The van der Waals surface area contributed by atoms with E-state index in [0.717, 1.165) is 5.56 Å². The smallest absolute Gasteiger partial charge is 0.328 e. The molecule has 1 aromatic carbocycles. The fourth-order valence-electron chi connectivity index (χ4n) is 1.81. The van der Waals surface area contributed by atoms with Crippen molar-refractivity contribution in [2.45, 2.75) is 12.8 Å². The zero-order valence-corrected chi connectivity index (χ0v) is 9.68. The van der Waals surface area contributed by atoms with Crippen molar-refractivity contribution in [3.05, 3.63) is 29.8 Å². The summed E-state index contributed by atoms with van der Waals surface area (Å²) in [4.78, 5) is 34.8. The number of primary amides is 1. The van der Waals surface area contributed by atoms with E-state index in [1.165, 1.54) is 4.90 Å². The van der Waals surface area contributed by atoms with Gasteiger partial charge in [0.15, 0.2) is 0 Å². The third-order valence-corrected chi connectivity index (χ3v) is 2.68. The maximum atomic E-state index is 11.6. The van der Waals surface area contributed by atoms with E-state index in [4.69, 9.17) is 5.73 Å². The van der Waals surface area contributed by atoms with Crippen molar-refractivity contribution in [3.8, 4) is 0 Å². The Kier molecular flexibility index (Phi) is 3.27. The fourth-order valence-corrected chi connectivity index (χ4v) is 1.81. The van der Waals surface area contributed by atoms with E-state index < -0.39 is 11.9 Å². The molecular weight excluding hydrogens is 234 g/mol. The van der Waals surface area contributed by atoms with Crippen LogP contribution in [0.25, 0.3) is 0 Å². The van der Waals surface area contributed by atoms with Crippen LogP contribution in [-0.2, 0) is 16.0 Å². The van der Waals surface area contributed by atoms with E-state index in [-0.39, 0.29) is 18.7 Å². The Hall–Kier alpha value is -2.37. The molecule has 1 heterocycles. The van der Waals surface area contributed by atoms with Crippen LogP contribution in [0, 0.1) is 0 Å². The second kappa shape index (κ2) is 4.87. The highest BCUT2D eigenvalue weighted by Crippen LogP contribution is 2.17. The summed E-state index contributed by atoms with van der Waals surface area (Å²) in [5, 5.41) is 2.25. The Morgan fingerprint density at radius 3 is 2.50 bits per heavy atom. The molecule has 0 unspecified atom stereocenters. The van der Waals surface area contributed by atoms with Crippen molar-refractivity contribution in [1.82, 2.24) is 5.32 Å². The largest absolute Gasteiger partial charge is 0.369 e. The van der Waals surface area contributed by atoms with Crippen molar-refractivity contribution in [2.75, 3.05) is 11.4 Å². The van der Waals surface area contributed by atoms with Gasteiger partial charge in [0.05, 0.1) is 6.42 Å². The quantitative estimate of drug-likeness (QED) is 0.796. The predicted molar refractivity (Wildman–Crippen MR) is 64.8 cm³/mol. The van der Waals surface area contributed by atoms with Gasteiger partial charge in [-0.2, -0.15) is 0 Å². The molecule has 1 fully saturated rings. The summed E-state index contributed by atoms with van der Waals surface area (Å²) < 4.78 is 0. The minimum atomic E-state index is -0.422. The standard InChI is InChI=1S/C12H13N3O3/c13-10(16)7-8-1-3-9(4-2-8)15-6-5-11(17)14-12(15)18/h1-4H,5-7H2,(H2,13,16)(H,14,17,18). The monoisotopic (exact) mass is 247 g/mol. The SMILES string of the molecule is NC(=O)Cc1ccc(N2CCC(=O)NC2=O)cc1. The molecule has 1 aliphatic heterocycles. The Morgan fingerprint density at radius 2 is 1.94 bits per heavy atom. The summed E-state index contributed by atoms with van der Waals surface area (Å²) in [7, 11) is 0. The van der Waals surface area contributed by atoms with Gasteiger partial charge in [0.2, 0.25) is 11.8 Å². The topological polar surface area (TPSA) is 92.5 Å². The van der Waals surface area contributed by atoms with Crippen LogP contribution in [0.1, 0.15) is 12.0 Å². The van der Waals surface area contributed by atoms with Crippen molar-refractivity contribution in [2.24, 2.45) is 5.73 Å². The van der Waals surface area contributed by atoms with Gasteiger partial charge in [-0.25, -0.2) is 4.79 Å². The van der Waals surface area contributed by atoms with Crippen molar-refractivity contribution in [3.63, 3.8) is 0 Å². The number of rotatable bonds is 3. The van der Waals surface area contributed by atoms with Gasteiger partial charge < -0.3 is 5.73 Å². The zero-order chi connectivity index (χ0) is 13.1. The summed E-state index contributed by atoms with van der Waals surface area (Å²) in [5.41, 5.74) is 6.57. The number of urea groups is 1. The van der Waals surface area contributed by atoms with E-state index in [1.807, 2.05) is 0 Å². The first-order valence-electron chi connectivity index (χ1n) is 5.55. The van der Waals surface area contributed by atoms with Crippen molar-refractivity contribution >= 4 is 23.5 Å². The molecule has 18 heavy (non-hydrogen) atoms. The van der Waals surface area contributed by atoms with Gasteiger partial charge in [-0.15, -0.1) is 0 Å². The van der Waals surface area contributed by atoms with Gasteiger partial charge in [-0.05, 0) is 17.7 Å². The minimum Gasteiger partial charge on any atom is -0.369 e. The molecule has 0 atom stereocenters. The van der Waals surface area contributed by atoms with E-state index in [1.54, 1.807) is 24.3 Å². The lowest BCUT2D eigenvalue weighted by molar-refractivity contribution is -0.120. The van der Waals surface area contributed by atoms with Crippen LogP contribution in [0.15, 0.2) is 24.3 Å². The van der Waals surface area contributed by atoms with Crippen LogP contribution in [0.5, 0.6) is 0 Å². The summed E-state index contributed by atoms with van der Waals surface area (Å²) in [6.07, 6.45) is 0.458. The summed E-state index contributed by atoms with van der Waals surface area (Å²) in [6, 6.07) is 6.52. The van der Waals surface area contributed by atoms with Crippen LogP contribution < -0.4 is 16.0 Å². The lowest BCUT2D eigenvalue weighted by atomic mass is 10.1. The molecule has 2 rings (SSSR count). The molecule has 1 aromatic rings. The number of anilines is 1. The third kappa shape index (κ3) is 2.65. The minimum absolute atomic E-state index is 0.172. The lowest BCUT2D eigenvalue weighted by Gasteiger charge is -2.26. The number of nitrogens with one attached hydrogen (secondary N) is 1. The molecule has 1 aliphatic rings. The number of amides is 4. The summed E-state index contributed by atoms with van der Waals surface area (Å²) in [6.45, 7) is 0.361. The Balaban J connectivity index is 2.12. The number of carbonyl (C=O) groups excluding carboxylic acids is 3. The predicted octanol–water partition coefficient (Wildman–Crippen LogP) is 0.161. The number of imide groups is 1. The zero-order valence-electron chi connectivity index (χ0n) is 9.68. The molecule has 0 radical (unpaired) electrons. The Labute approximate surface area is 104 Å². The molecule has 4 amide bonds. The van der Waals surface area contributed by atoms with Crippen LogP contribution in [0.3, 0.4) is 0 Å². The first-order chi connectivity index (χ1) is 8.56. The molecular formula is C12H13N3O3. The van der Waals surface area contributed by atoms with Gasteiger partial charge in [-0.3, -0.25) is 19.8 Å². The first kappa shape index (κ1) is 12.1. The first-order valence-corrected chi connectivity index (χ1v) is 5.55. The molecule has 0 saturated carbocycles. The average Bonchev–Trinajstić information content (AvgIpc) is 2.30. The summed E-state index contributed by atoms with van der Waals surface area (Å²) in [5.74, 6) is -0.661. The maximum absolute atomic E-state index is 11.6. The number of carbonyl (C=O) groups is 3. The number of nitrogens with two attached hydrogens (primary N) is 1. The molecule has 0 aromatic heterocycles. The van der Waals surface area contributed by atoms with Crippen LogP contribution in [0.4, 0.5) is 10.5 Å². The van der Waals surface area contributed by atoms with Crippen molar-refractivity contribution in [1.29, 1.82) is 0 Å². The second-order valence-electron chi connectivity index (χ2n) is 4.06. The molecule has 0 aliphatic carbocycles. The molecule has 3 N–H and O–H groups in total. The molecule has 0 bridgehead atoms. The van der Waals surface area contributed by atoms with Crippen LogP contribution in [0.2, 0.25) is 0 Å². The van der Waals surface area contributed by atoms with E-state index in [9.17, 15) is 14.4 Å². The van der Waals surface area contributed by atoms with Crippen molar-refractivity contribution < 1.29 is 14.4 Å². The molecule has 1 saturated heterocycles. The van der Waals surface area contributed by atoms with Gasteiger partial charge in [0.25, 0.3) is 0 Å². The summed E-state index contributed by atoms with van der Waals surface area (Å²) >= 11 is 0. The van der Waals surface area contributed by atoms with Crippen LogP contribution in [-0.4, -0.2) is 24.4 Å². The number of benzene rings is 1. The van der Waals surface area contributed by atoms with E-state index >= 15 is 0 Å². The lowest BCUT2D eigenvalue weighted by Crippen LogP contribution is -2.49. The molecule has 94 valence electrons. The molecule has 6 nitrogen and oxygen atoms in total. The Morgan fingerprint density at radius 1 is 1.28 bits per heavy atom. The number of nitrogens with zero attached hydrogens (tertiary/aromatic N) is 1. The highest BCUT2D eigenvalue weighted by molar-refractivity contribution is 6.05. The highest BCUT2D eigenvalue weighted by atomic mass is 16.2. The number of hydrogen-bond acceptors (Lipinski definition) is 3. The molecule has 0 spiro atoms. The maximum Gasteiger partial charge on any atom is 0.328 e. The third-order valence-electron chi connectivity index (χ3n) is 2.68. The number of hydrogen-bond donors (Lipinski definition) is 2. The highest BCUT2D eigenvalue weighted by Gasteiger charge is 2.23. The Bertz CT molecular complexity index is 496. The van der Waals surface area contributed by atoms with E-state index in [0.29, 0.717) is 12.2 Å². The van der Waals surface area contributed by atoms with Gasteiger partial charge in [-0.1, -0.05) is 12.1 Å². The normalized spacial score (nSPS) is 15.4. The fraction of sp³-hybridized carbons (Fsp3) is 0.250.